The molecule has 1 amide bonds. The van der Waals surface area contributed by atoms with Crippen molar-refractivity contribution in [2.45, 2.75) is 24.4 Å². The summed E-state index contributed by atoms with van der Waals surface area (Å²) in [5.41, 5.74) is 2.14. The van der Waals surface area contributed by atoms with Crippen LogP contribution in [0.5, 0.6) is 5.75 Å². The highest BCUT2D eigenvalue weighted by atomic mass is 19.1. The van der Waals surface area contributed by atoms with E-state index in [1.54, 1.807) is 18.3 Å². The maximum atomic E-state index is 14.5. The van der Waals surface area contributed by atoms with Crippen LogP contribution in [0.25, 0.3) is 11.3 Å². The summed E-state index contributed by atoms with van der Waals surface area (Å²) in [6.07, 6.45) is 2.15. The zero-order valence-corrected chi connectivity index (χ0v) is 20.1. The predicted octanol–water partition coefficient (Wildman–Crippen LogP) is 3.16. The van der Waals surface area contributed by atoms with E-state index in [1.807, 2.05) is 53.4 Å². The summed E-state index contributed by atoms with van der Waals surface area (Å²) >= 11 is 0. The van der Waals surface area contributed by atoms with E-state index in [0.717, 1.165) is 11.3 Å². The van der Waals surface area contributed by atoms with Crippen LogP contribution in [0.1, 0.15) is 18.4 Å². The third-order valence-corrected chi connectivity index (χ3v) is 8.30. The minimum absolute atomic E-state index is 0.112. The number of hydrogen-bond acceptors (Lipinski definition) is 6. The molecular weight excluding hydrogens is 457 g/mol. The van der Waals surface area contributed by atoms with Gasteiger partial charge in [0.05, 0.1) is 28.4 Å². The SMILES string of the molecule is O=C(N1CC2(CNCC2F)C1)C1(c2ccccc2)CCN(c2cnnc(-c3ccccc3O)c2)CC1. The first-order valence-electron chi connectivity index (χ1n) is 12.6. The Labute approximate surface area is 210 Å². The fourth-order valence-corrected chi connectivity index (χ4v) is 6.13. The summed E-state index contributed by atoms with van der Waals surface area (Å²) in [6.45, 7) is 3.34. The molecular formula is C28H30FN5O2. The van der Waals surface area contributed by atoms with Crippen molar-refractivity contribution in [3.8, 4) is 17.0 Å². The van der Waals surface area contributed by atoms with Crippen molar-refractivity contribution in [2.24, 2.45) is 5.41 Å². The minimum Gasteiger partial charge on any atom is -0.507 e. The van der Waals surface area contributed by atoms with Crippen LogP contribution >= 0.6 is 0 Å². The number of nitrogens with one attached hydrogen (secondary N) is 1. The zero-order chi connectivity index (χ0) is 24.8. The van der Waals surface area contributed by atoms with Crippen molar-refractivity contribution in [3.05, 3.63) is 72.4 Å². The average Bonchev–Trinajstić information content (AvgIpc) is 3.29. The van der Waals surface area contributed by atoms with E-state index in [1.165, 1.54) is 0 Å². The standard InChI is InChI=1S/C28H30FN5O2/c29-25-16-30-17-27(25)18-34(19-27)26(36)28(20-6-2-1-3-7-20)10-12-33(13-11-28)21-14-23(32-31-15-21)22-8-4-5-9-24(22)35/h1-9,14-15,25,30,35H,10-13,16-19H2. The first-order chi connectivity index (χ1) is 17.5. The zero-order valence-electron chi connectivity index (χ0n) is 20.1. The molecule has 8 heteroatoms. The van der Waals surface area contributed by atoms with Gasteiger partial charge in [-0.15, -0.1) is 0 Å². The van der Waals surface area contributed by atoms with E-state index < -0.39 is 17.0 Å². The van der Waals surface area contributed by atoms with Gasteiger partial charge in [0.1, 0.15) is 11.9 Å². The molecule has 2 aromatic carbocycles. The predicted molar refractivity (Wildman–Crippen MR) is 135 cm³/mol. The van der Waals surface area contributed by atoms with Gasteiger partial charge in [0, 0.05) is 44.8 Å². The minimum atomic E-state index is -0.895. The van der Waals surface area contributed by atoms with Gasteiger partial charge in [-0.3, -0.25) is 4.79 Å². The number of piperidine rings is 1. The lowest BCUT2D eigenvalue weighted by Crippen LogP contribution is -2.66. The molecule has 3 aliphatic rings. The van der Waals surface area contributed by atoms with Gasteiger partial charge in [0.25, 0.3) is 0 Å². The highest BCUT2D eigenvalue weighted by molar-refractivity contribution is 5.89. The number of phenolic OH excluding ortho intramolecular Hbond substituents is 1. The number of carbonyl (C=O) groups excluding carboxylic acids is 1. The van der Waals surface area contributed by atoms with Crippen LogP contribution in [-0.4, -0.2) is 71.6 Å². The van der Waals surface area contributed by atoms with E-state index in [-0.39, 0.29) is 11.7 Å². The maximum Gasteiger partial charge on any atom is 0.233 e. The second-order valence-corrected chi connectivity index (χ2v) is 10.4. The number of benzene rings is 2. The normalized spacial score (nSPS) is 22.4. The molecule has 0 radical (unpaired) electrons. The molecule has 3 saturated heterocycles. The van der Waals surface area contributed by atoms with Crippen molar-refractivity contribution in [1.82, 2.24) is 20.4 Å². The Morgan fingerprint density at radius 1 is 1.06 bits per heavy atom. The Morgan fingerprint density at radius 3 is 2.47 bits per heavy atom. The number of phenols is 1. The summed E-state index contributed by atoms with van der Waals surface area (Å²) in [6, 6.07) is 19.1. The Balaban J connectivity index is 1.23. The molecule has 3 aliphatic heterocycles. The van der Waals surface area contributed by atoms with Crippen molar-refractivity contribution < 1.29 is 14.3 Å². The molecule has 4 heterocycles. The number of aromatic hydroxyl groups is 1. The molecule has 0 aliphatic carbocycles. The van der Waals surface area contributed by atoms with Crippen LogP contribution in [0.2, 0.25) is 0 Å². The summed E-state index contributed by atoms with van der Waals surface area (Å²) in [5, 5.41) is 21.8. The number of rotatable bonds is 4. The van der Waals surface area contributed by atoms with Gasteiger partial charge < -0.3 is 20.2 Å². The second-order valence-electron chi connectivity index (χ2n) is 10.4. The number of aromatic nitrogens is 2. The van der Waals surface area contributed by atoms with Crippen LogP contribution < -0.4 is 10.2 Å². The summed E-state index contributed by atoms with van der Waals surface area (Å²) in [4.78, 5) is 18.1. The third kappa shape index (κ3) is 3.71. The van der Waals surface area contributed by atoms with Gasteiger partial charge in [0.2, 0.25) is 5.91 Å². The molecule has 0 bridgehead atoms. The van der Waals surface area contributed by atoms with Crippen LogP contribution in [0.3, 0.4) is 0 Å². The van der Waals surface area contributed by atoms with Crippen molar-refractivity contribution >= 4 is 11.6 Å². The van der Waals surface area contributed by atoms with E-state index in [4.69, 9.17) is 0 Å². The van der Waals surface area contributed by atoms with Crippen LogP contribution in [-0.2, 0) is 10.2 Å². The molecule has 1 spiro atoms. The fourth-order valence-electron chi connectivity index (χ4n) is 6.13. The van der Waals surface area contributed by atoms with Gasteiger partial charge in [-0.1, -0.05) is 42.5 Å². The van der Waals surface area contributed by atoms with Gasteiger partial charge >= 0.3 is 0 Å². The molecule has 186 valence electrons. The average molecular weight is 488 g/mol. The van der Waals surface area contributed by atoms with Gasteiger partial charge in [-0.2, -0.15) is 10.2 Å². The molecule has 7 nitrogen and oxygen atoms in total. The number of likely N-dealkylation sites (tertiary alicyclic amines) is 1. The quantitative estimate of drug-likeness (QED) is 0.589. The Bertz CT molecular complexity index is 1260. The lowest BCUT2D eigenvalue weighted by Gasteiger charge is -2.53. The van der Waals surface area contributed by atoms with Crippen LogP contribution in [0.4, 0.5) is 10.1 Å². The maximum absolute atomic E-state index is 14.5. The molecule has 0 saturated carbocycles. The molecule has 36 heavy (non-hydrogen) atoms. The summed E-state index contributed by atoms with van der Waals surface area (Å²) < 4.78 is 14.5. The number of amides is 1. The number of carbonyl (C=O) groups is 1. The molecule has 3 aromatic rings. The van der Waals surface area contributed by atoms with Gasteiger partial charge in [-0.25, -0.2) is 4.39 Å². The number of para-hydroxylation sites is 1. The molecule has 6 rings (SSSR count). The number of alkyl halides is 1. The third-order valence-electron chi connectivity index (χ3n) is 8.30. The topological polar surface area (TPSA) is 81.6 Å². The highest BCUT2D eigenvalue weighted by Crippen LogP contribution is 2.44. The lowest BCUT2D eigenvalue weighted by atomic mass is 9.69. The second kappa shape index (κ2) is 8.85. The fraction of sp³-hybridized carbons (Fsp3) is 0.393. The first-order valence-corrected chi connectivity index (χ1v) is 12.6. The number of halogens is 1. The van der Waals surface area contributed by atoms with Gasteiger partial charge in [0.15, 0.2) is 0 Å². The van der Waals surface area contributed by atoms with Crippen molar-refractivity contribution in [3.63, 3.8) is 0 Å². The number of anilines is 1. The lowest BCUT2D eigenvalue weighted by molar-refractivity contribution is -0.152. The van der Waals surface area contributed by atoms with Gasteiger partial charge in [-0.05, 0) is 36.6 Å². The molecule has 2 N–H and O–H groups in total. The smallest absolute Gasteiger partial charge is 0.233 e. The van der Waals surface area contributed by atoms with Crippen LogP contribution in [0.15, 0.2) is 66.9 Å². The molecule has 1 atom stereocenters. The van der Waals surface area contributed by atoms with Crippen LogP contribution in [0, 0.1) is 5.41 Å². The largest absolute Gasteiger partial charge is 0.507 e. The monoisotopic (exact) mass is 487 g/mol. The Hall–Kier alpha value is -3.52. The molecule has 1 aromatic heterocycles. The molecule has 1 unspecified atom stereocenters. The summed E-state index contributed by atoms with van der Waals surface area (Å²) in [7, 11) is 0. The van der Waals surface area contributed by atoms with E-state index in [9.17, 15) is 14.3 Å². The first kappa shape index (κ1) is 22.9. The number of nitrogens with zero attached hydrogens (tertiary/aromatic N) is 4. The highest BCUT2D eigenvalue weighted by Gasteiger charge is 2.57. The van der Waals surface area contributed by atoms with Crippen molar-refractivity contribution in [1.29, 1.82) is 0 Å². The Morgan fingerprint density at radius 2 is 1.78 bits per heavy atom. The van der Waals surface area contributed by atoms with Crippen molar-refractivity contribution in [2.75, 3.05) is 44.2 Å². The Kier molecular flexibility index (Phi) is 5.63. The van der Waals surface area contributed by atoms with E-state index in [2.05, 4.69) is 20.4 Å². The number of hydrogen-bond donors (Lipinski definition) is 2. The van der Waals surface area contributed by atoms with E-state index in [0.29, 0.717) is 63.4 Å². The van der Waals surface area contributed by atoms with E-state index >= 15 is 0 Å². The molecule has 3 fully saturated rings. The summed E-state index contributed by atoms with van der Waals surface area (Å²) in [5.74, 6) is 0.275.